The van der Waals surface area contributed by atoms with E-state index in [0.717, 1.165) is 16.9 Å². The van der Waals surface area contributed by atoms with Crippen LogP contribution in [-0.2, 0) is 11.3 Å². The first-order valence-electron chi connectivity index (χ1n) is 10.1. The Hall–Kier alpha value is -3.65. The first-order valence-corrected chi connectivity index (χ1v) is 11.1. The molecular weight excluding hydrogens is 422 g/mol. The van der Waals surface area contributed by atoms with E-state index in [4.69, 9.17) is 0 Å². The SMILES string of the molecule is C=CCn1c(SCC(=O)Nc2cc(C)nn2-c2ccc(C)cc2)nc2ccccc2c1=O. The van der Waals surface area contributed by atoms with Crippen molar-refractivity contribution in [1.29, 1.82) is 0 Å². The maximum Gasteiger partial charge on any atom is 0.262 e. The second-order valence-corrected chi connectivity index (χ2v) is 8.31. The molecule has 7 nitrogen and oxygen atoms in total. The Morgan fingerprint density at radius 3 is 2.66 bits per heavy atom. The molecule has 0 radical (unpaired) electrons. The van der Waals surface area contributed by atoms with E-state index < -0.39 is 0 Å². The third kappa shape index (κ3) is 4.50. The molecule has 0 aliphatic heterocycles. The van der Waals surface area contributed by atoms with Gasteiger partial charge in [0.2, 0.25) is 5.91 Å². The summed E-state index contributed by atoms with van der Waals surface area (Å²) < 4.78 is 3.24. The maximum atomic E-state index is 12.9. The molecule has 0 spiro atoms. The fourth-order valence-electron chi connectivity index (χ4n) is 3.33. The summed E-state index contributed by atoms with van der Waals surface area (Å²) in [5.41, 5.74) is 3.26. The summed E-state index contributed by atoms with van der Waals surface area (Å²) in [5.74, 6) is 0.475. The number of hydrogen-bond donors (Lipinski definition) is 1. The zero-order valence-electron chi connectivity index (χ0n) is 17.9. The molecule has 0 saturated carbocycles. The van der Waals surface area contributed by atoms with Gasteiger partial charge in [-0.05, 0) is 38.1 Å². The van der Waals surface area contributed by atoms with Crippen molar-refractivity contribution in [2.24, 2.45) is 0 Å². The van der Waals surface area contributed by atoms with Crippen LogP contribution >= 0.6 is 11.8 Å². The Morgan fingerprint density at radius 1 is 1.16 bits per heavy atom. The molecular formula is C24H23N5O2S. The summed E-state index contributed by atoms with van der Waals surface area (Å²) in [4.78, 5) is 30.2. The van der Waals surface area contributed by atoms with E-state index in [-0.39, 0.29) is 17.2 Å². The Balaban J connectivity index is 1.55. The molecule has 0 saturated heterocycles. The molecule has 162 valence electrons. The smallest absolute Gasteiger partial charge is 0.262 e. The van der Waals surface area contributed by atoms with Crippen LogP contribution in [0.15, 0.2) is 77.2 Å². The predicted molar refractivity (Wildman–Crippen MR) is 129 cm³/mol. The van der Waals surface area contributed by atoms with Crippen LogP contribution in [0.3, 0.4) is 0 Å². The quantitative estimate of drug-likeness (QED) is 0.263. The van der Waals surface area contributed by atoms with Crippen molar-refractivity contribution >= 4 is 34.4 Å². The lowest BCUT2D eigenvalue weighted by Gasteiger charge is -2.12. The van der Waals surface area contributed by atoms with Crippen molar-refractivity contribution in [2.45, 2.75) is 25.5 Å². The van der Waals surface area contributed by atoms with Crippen molar-refractivity contribution < 1.29 is 4.79 Å². The Bertz CT molecular complexity index is 1360. The molecule has 8 heteroatoms. The third-order valence-corrected chi connectivity index (χ3v) is 5.82. The summed E-state index contributed by atoms with van der Waals surface area (Å²) in [6, 6.07) is 16.9. The number of allylic oxidation sites excluding steroid dienone is 1. The van der Waals surface area contributed by atoms with E-state index in [0.29, 0.717) is 28.4 Å². The molecule has 0 bridgehead atoms. The van der Waals surface area contributed by atoms with Gasteiger partial charge in [-0.2, -0.15) is 5.10 Å². The van der Waals surface area contributed by atoms with Crippen molar-refractivity contribution in [3.8, 4) is 5.69 Å². The second kappa shape index (κ2) is 9.23. The number of carbonyl (C=O) groups excluding carboxylic acids is 1. The van der Waals surface area contributed by atoms with Gasteiger partial charge >= 0.3 is 0 Å². The Morgan fingerprint density at radius 2 is 1.91 bits per heavy atom. The molecule has 2 aromatic heterocycles. The van der Waals surface area contributed by atoms with Crippen molar-refractivity contribution in [1.82, 2.24) is 19.3 Å². The molecule has 4 aromatic rings. The zero-order valence-corrected chi connectivity index (χ0v) is 18.7. The fraction of sp³-hybridized carbons (Fsp3) is 0.167. The molecule has 0 atom stereocenters. The largest absolute Gasteiger partial charge is 0.310 e. The average molecular weight is 446 g/mol. The number of hydrogen-bond acceptors (Lipinski definition) is 5. The second-order valence-electron chi connectivity index (χ2n) is 7.37. The van der Waals surface area contributed by atoms with E-state index >= 15 is 0 Å². The summed E-state index contributed by atoms with van der Waals surface area (Å²) in [7, 11) is 0. The van der Waals surface area contributed by atoms with E-state index in [1.165, 1.54) is 16.3 Å². The number of nitrogens with one attached hydrogen (secondary N) is 1. The molecule has 2 aromatic carbocycles. The Labute approximate surface area is 189 Å². The highest BCUT2D eigenvalue weighted by Crippen LogP contribution is 2.21. The van der Waals surface area contributed by atoms with Crippen molar-refractivity contribution in [2.75, 3.05) is 11.1 Å². The normalized spacial score (nSPS) is 10.9. The van der Waals surface area contributed by atoms with Crippen LogP contribution in [0.2, 0.25) is 0 Å². The van der Waals surface area contributed by atoms with Gasteiger partial charge in [-0.3, -0.25) is 14.2 Å². The maximum absolute atomic E-state index is 12.9. The van der Waals surface area contributed by atoms with Crippen LogP contribution in [0.25, 0.3) is 16.6 Å². The van der Waals surface area contributed by atoms with Gasteiger partial charge in [0.15, 0.2) is 5.16 Å². The van der Waals surface area contributed by atoms with Crippen LogP contribution < -0.4 is 10.9 Å². The predicted octanol–water partition coefficient (Wildman–Crippen LogP) is 4.12. The van der Waals surface area contributed by atoms with Gasteiger partial charge < -0.3 is 5.32 Å². The number of amides is 1. The van der Waals surface area contributed by atoms with Gasteiger partial charge in [0.1, 0.15) is 5.82 Å². The highest BCUT2D eigenvalue weighted by Gasteiger charge is 2.15. The highest BCUT2D eigenvalue weighted by atomic mass is 32.2. The number of rotatable bonds is 7. The van der Waals surface area contributed by atoms with E-state index in [1.807, 2.05) is 56.3 Å². The van der Waals surface area contributed by atoms with E-state index in [9.17, 15) is 9.59 Å². The van der Waals surface area contributed by atoms with Crippen LogP contribution in [0.4, 0.5) is 5.82 Å². The summed E-state index contributed by atoms with van der Waals surface area (Å²) >= 11 is 1.22. The number of nitrogens with zero attached hydrogens (tertiary/aromatic N) is 4. The van der Waals surface area contributed by atoms with Crippen molar-refractivity contribution in [3.63, 3.8) is 0 Å². The van der Waals surface area contributed by atoms with Crippen LogP contribution in [0.1, 0.15) is 11.3 Å². The molecule has 1 amide bonds. The summed E-state index contributed by atoms with van der Waals surface area (Å²) in [6.07, 6.45) is 1.64. The van der Waals surface area contributed by atoms with Crippen LogP contribution in [0.5, 0.6) is 0 Å². The number of anilines is 1. The summed E-state index contributed by atoms with van der Waals surface area (Å²) in [6.45, 7) is 7.94. The lowest BCUT2D eigenvalue weighted by atomic mass is 10.2. The van der Waals surface area contributed by atoms with Crippen molar-refractivity contribution in [3.05, 3.63) is 88.9 Å². The fourth-order valence-corrected chi connectivity index (χ4v) is 4.14. The minimum Gasteiger partial charge on any atom is -0.310 e. The Kier molecular flexibility index (Phi) is 6.23. The number of aryl methyl sites for hydroxylation is 2. The van der Waals surface area contributed by atoms with Crippen LogP contribution in [0, 0.1) is 13.8 Å². The zero-order chi connectivity index (χ0) is 22.7. The lowest BCUT2D eigenvalue weighted by molar-refractivity contribution is -0.113. The number of thioether (sulfide) groups is 1. The molecule has 32 heavy (non-hydrogen) atoms. The average Bonchev–Trinajstić information content (AvgIpc) is 3.15. The van der Waals surface area contributed by atoms with Gasteiger partial charge in [0, 0.05) is 12.6 Å². The molecule has 0 aliphatic carbocycles. The lowest BCUT2D eigenvalue weighted by Crippen LogP contribution is -2.24. The van der Waals surface area contributed by atoms with Crippen LogP contribution in [-0.4, -0.2) is 31.0 Å². The number of fused-ring (bicyclic) bond motifs is 1. The minimum absolute atomic E-state index is 0.0973. The van der Waals surface area contributed by atoms with Gasteiger partial charge in [0.25, 0.3) is 5.56 Å². The first-order chi connectivity index (χ1) is 15.5. The van der Waals surface area contributed by atoms with Gasteiger partial charge in [-0.1, -0.05) is 47.7 Å². The topological polar surface area (TPSA) is 81.8 Å². The number of aromatic nitrogens is 4. The molecule has 0 fully saturated rings. The summed E-state index contributed by atoms with van der Waals surface area (Å²) in [5, 5.41) is 8.44. The van der Waals surface area contributed by atoms with E-state index in [2.05, 4.69) is 22.0 Å². The molecule has 2 heterocycles. The van der Waals surface area contributed by atoms with Gasteiger partial charge in [-0.15, -0.1) is 6.58 Å². The molecule has 1 N–H and O–H groups in total. The van der Waals surface area contributed by atoms with E-state index in [1.54, 1.807) is 22.9 Å². The standard InChI is InChI=1S/C24H23N5O2S/c1-4-13-28-23(31)19-7-5-6-8-20(19)25-24(28)32-15-22(30)26-21-14-17(3)27-29(21)18-11-9-16(2)10-12-18/h4-12,14H,1,13,15H2,2-3H3,(H,26,30). The van der Waals surface area contributed by atoms with Gasteiger partial charge in [-0.25, -0.2) is 9.67 Å². The minimum atomic E-state index is -0.212. The first kappa shape index (κ1) is 21.6. The monoisotopic (exact) mass is 445 g/mol. The number of para-hydroxylation sites is 1. The third-order valence-electron chi connectivity index (χ3n) is 4.85. The molecule has 0 unspecified atom stereocenters. The number of benzene rings is 2. The van der Waals surface area contributed by atoms with Gasteiger partial charge in [0.05, 0.1) is 28.0 Å². The molecule has 4 rings (SSSR count). The highest BCUT2D eigenvalue weighted by molar-refractivity contribution is 7.99. The number of carbonyl (C=O) groups is 1. The molecule has 0 aliphatic rings.